The second-order valence-electron chi connectivity index (χ2n) is 2.53. The van der Waals surface area contributed by atoms with Crippen molar-refractivity contribution in [3.63, 3.8) is 0 Å². The van der Waals surface area contributed by atoms with Gasteiger partial charge >= 0.3 is 5.97 Å². The Morgan fingerprint density at radius 3 is 2.54 bits per heavy atom. The Morgan fingerprint density at radius 1 is 1.54 bits per heavy atom. The SMILES string of the molecule is CC(=O)NC(CC=CCN)C(=O)O. The number of amides is 1. The molecule has 0 fully saturated rings. The Hall–Kier alpha value is -1.36. The van der Waals surface area contributed by atoms with E-state index in [0.717, 1.165) is 0 Å². The number of carbonyl (C=O) groups is 2. The molecule has 0 aromatic rings. The number of nitrogens with two attached hydrogens (primary N) is 1. The van der Waals surface area contributed by atoms with E-state index in [4.69, 9.17) is 10.8 Å². The van der Waals surface area contributed by atoms with Gasteiger partial charge in [-0.1, -0.05) is 12.2 Å². The topological polar surface area (TPSA) is 92.4 Å². The molecular weight excluding hydrogens is 172 g/mol. The van der Waals surface area contributed by atoms with E-state index in [9.17, 15) is 9.59 Å². The first-order chi connectivity index (χ1) is 6.07. The van der Waals surface area contributed by atoms with Crippen molar-refractivity contribution in [3.8, 4) is 0 Å². The zero-order chi connectivity index (χ0) is 10.3. The maximum Gasteiger partial charge on any atom is 0.326 e. The highest BCUT2D eigenvalue weighted by molar-refractivity contribution is 5.82. The third-order valence-electron chi connectivity index (χ3n) is 1.35. The molecule has 0 rings (SSSR count). The number of carboxylic acid groups (broad SMARTS) is 1. The minimum absolute atomic E-state index is 0.256. The van der Waals surface area contributed by atoms with E-state index in [2.05, 4.69) is 5.32 Å². The molecule has 0 saturated carbocycles. The Balaban J connectivity index is 4.02. The number of carbonyl (C=O) groups excluding carboxylic acids is 1. The van der Waals surface area contributed by atoms with Crippen molar-refractivity contribution in [3.05, 3.63) is 12.2 Å². The van der Waals surface area contributed by atoms with Crippen molar-refractivity contribution in [2.75, 3.05) is 6.54 Å². The van der Waals surface area contributed by atoms with E-state index in [-0.39, 0.29) is 12.3 Å². The first-order valence-corrected chi connectivity index (χ1v) is 3.93. The molecule has 0 aliphatic heterocycles. The van der Waals surface area contributed by atoms with Crippen LogP contribution in [-0.4, -0.2) is 29.6 Å². The first-order valence-electron chi connectivity index (χ1n) is 3.93. The van der Waals surface area contributed by atoms with Crippen LogP contribution in [0.15, 0.2) is 12.2 Å². The fourth-order valence-electron chi connectivity index (χ4n) is 0.795. The summed E-state index contributed by atoms with van der Waals surface area (Å²) in [5, 5.41) is 10.9. The van der Waals surface area contributed by atoms with Crippen molar-refractivity contribution >= 4 is 11.9 Å². The van der Waals surface area contributed by atoms with Crippen molar-refractivity contribution in [2.45, 2.75) is 19.4 Å². The average Bonchev–Trinajstić information content (AvgIpc) is 2.02. The summed E-state index contributed by atoms with van der Waals surface area (Å²) in [7, 11) is 0. The van der Waals surface area contributed by atoms with Crippen molar-refractivity contribution < 1.29 is 14.7 Å². The molecule has 0 saturated heterocycles. The number of nitrogens with one attached hydrogen (secondary N) is 1. The molecule has 0 aliphatic rings. The maximum absolute atomic E-state index is 10.6. The molecular formula is C8H14N2O3. The van der Waals surface area contributed by atoms with Gasteiger partial charge in [-0.3, -0.25) is 4.79 Å². The van der Waals surface area contributed by atoms with Crippen LogP contribution in [0.5, 0.6) is 0 Å². The lowest BCUT2D eigenvalue weighted by atomic mass is 10.2. The lowest BCUT2D eigenvalue weighted by Gasteiger charge is -2.09. The standard InChI is InChI=1S/C8H14N2O3/c1-6(11)10-7(8(12)13)4-2-3-5-9/h2-3,7H,4-5,9H2,1H3,(H,10,11)(H,12,13). The minimum Gasteiger partial charge on any atom is -0.480 e. The number of hydrogen-bond donors (Lipinski definition) is 3. The molecule has 4 N–H and O–H groups in total. The van der Waals surface area contributed by atoms with E-state index in [1.54, 1.807) is 12.2 Å². The van der Waals surface area contributed by atoms with Gasteiger partial charge in [-0.25, -0.2) is 4.79 Å². The zero-order valence-electron chi connectivity index (χ0n) is 7.49. The summed E-state index contributed by atoms with van der Waals surface area (Å²) in [5.41, 5.74) is 5.17. The Morgan fingerprint density at radius 2 is 2.15 bits per heavy atom. The molecule has 1 amide bonds. The van der Waals surface area contributed by atoms with Gasteiger partial charge in [-0.05, 0) is 6.42 Å². The van der Waals surface area contributed by atoms with Crippen molar-refractivity contribution in [1.82, 2.24) is 5.32 Å². The van der Waals surface area contributed by atoms with Gasteiger partial charge in [0.25, 0.3) is 0 Å². The third kappa shape index (κ3) is 5.86. The summed E-state index contributed by atoms with van der Waals surface area (Å²) in [5.74, 6) is -1.40. The van der Waals surface area contributed by atoms with Crippen LogP contribution in [0.1, 0.15) is 13.3 Å². The molecule has 5 nitrogen and oxygen atoms in total. The lowest BCUT2D eigenvalue weighted by Crippen LogP contribution is -2.39. The summed E-state index contributed by atoms with van der Waals surface area (Å²) >= 11 is 0. The Bertz CT molecular complexity index is 213. The lowest BCUT2D eigenvalue weighted by molar-refractivity contribution is -0.141. The Kier molecular flexibility index (Phi) is 5.54. The van der Waals surface area contributed by atoms with Crippen LogP contribution < -0.4 is 11.1 Å². The van der Waals surface area contributed by atoms with Crippen LogP contribution in [0.3, 0.4) is 0 Å². The van der Waals surface area contributed by atoms with E-state index < -0.39 is 12.0 Å². The molecule has 1 unspecified atom stereocenters. The first kappa shape index (κ1) is 11.6. The van der Waals surface area contributed by atoms with Gasteiger partial charge < -0.3 is 16.2 Å². The summed E-state index contributed by atoms with van der Waals surface area (Å²) in [4.78, 5) is 21.1. The average molecular weight is 186 g/mol. The quantitative estimate of drug-likeness (QED) is 0.504. The molecule has 0 heterocycles. The number of aliphatic carboxylic acids is 1. The summed E-state index contributed by atoms with van der Waals surface area (Å²) in [6.45, 7) is 1.65. The van der Waals surface area contributed by atoms with Crippen LogP contribution in [0, 0.1) is 0 Å². The third-order valence-corrected chi connectivity index (χ3v) is 1.35. The molecule has 5 heteroatoms. The second kappa shape index (κ2) is 6.19. The van der Waals surface area contributed by atoms with E-state index in [1.165, 1.54) is 6.92 Å². The summed E-state index contributed by atoms with van der Waals surface area (Å²) in [6, 6.07) is -0.861. The fourth-order valence-corrected chi connectivity index (χ4v) is 0.795. The van der Waals surface area contributed by atoms with Crippen LogP contribution >= 0.6 is 0 Å². The zero-order valence-corrected chi connectivity index (χ0v) is 7.49. The highest BCUT2D eigenvalue weighted by atomic mass is 16.4. The second-order valence-corrected chi connectivity index (χ2v) is 2.53. The number of rotatable bonds is 5. The van der Waals surface area contributed by atoms with Gasteiger partial charge in [0.15, 0.2) is 0 Å². The molecule has 0 aromatic carbocycles. The van der Waals surface area contributed by atoms with Crippen LogP contribution in [0.2, 0.25) is 0 Å². The number of hydrogen-bond acceptors (Lipinski definition) is 3. The highest BCUT2D eigenvalue weighted by Crippen LogP contribution is 1.93. The van der Waals surface area contributed by atoms with Crippen molar-refractivity contribution in [1.29, 1.82) is 0 Å². The van der Waals surface area contributed by atoms with Gasteiger partial charge in [0.2, 0.25) is 5.91 Å². The molecule has 13 heavy (non-hydrogen) atoms. The molecule has 0 bridgehead atoms. The van der Waals surface area contributed by atoms with Gasteiger partial charge in [0.05, 0.1) is 0 Å². The smallest absolute Gasteiger partial charge is 0.326 e. The van der Waals surface area contributed by atoms with Crippen LogP contribution in [-0.2, 0) is 9.59 Å². The highest BCUT2D eigenvalue weighted by Gasteiger charge is 2.15. The maximum atomic E-state index is 10.6. The monoisotopic (exact) mass is 186 g/mol. The van der Waals surface area contributed by atoms with Crippen LogP contribution in [0.4, 0.5) is 0 Å². The van der Waals surface area contributed by atoms with Gasteiger partial charge in [0.1, 0.15) is 6.04 Å². The molecule has 1 atom stereocenters. The summed E-state index contributed by atoms with van der Waals surface area (Å²) < 4.78 is 0. The molecule has 0 radical (unpaired) electrons. The minimum atomic E-state index is -1.04. The largest absolute Gasteiger partial charge is 0.480 e. The fraction of sp³-hybridized carbons (Fsp3) is 0.500. The summed E-state index contributed by atoms with van der Waals surface area (Å²) in [6.07, 6.45) is 3.54. The predicted octanol–water partition coefficient (Wildman–Crippen LogP) is -0.519. The van der Waals surface area contributed by atoms with E-state index in [0.29, 0.717) is 6.54 Å². The predicted molar refractivity (Wildman–Crippen MR) is 48.1 cm³/mol. The van der Waals surface area contributed by atoms with Crippen molar-refractivity contribution in [2.24, 2.45) is 5.73 Å². The van der Waals surface area contributed by atoms with E-state index in [1.807, 2.05) is 0 Å². The van der Waals surface area contributed by atoms with Gasteiger partial charge in [0, 0.05) is 13.5 Å². The normalized spacial score (nSPS) is 12.8. The van der Waals surface area contributed by atoms with Gasteiger partial charge in [-0.2, -0.15) is 0 Å². The molecule has 74 valence electrons. The molecule has 0 aliphatic carbocycles. The number of carboxylic acids is 1. The molecule has 0 spiro atoms. The molecule has 0 aromatic heterocycles. The Labute approximate surface area is 76.6 Å². The van der Waals surface area contributed by atoms with Crippen LogP contribution in [0.25, 0.3) is 0 Å². The van der Waals surface area contributed by atoms with Gasteiger partial charge in [-0.15, -0.1) is 0 Å². The van der Waals surface area contributed by atoms with E-state index >= 15 is 0 Å².